The standard InChI is InChI=1S/C14H17NO3S/c1-9(16)15-6-4-12(17)14(18)11-2-3-13-10(8-11)5-7-19-13/h2-3,5,7-8,12,14,17-18H,4,6H2,1H3,(H,15,16). The minimum absolute atomic E-state index is 0.138. The molecule has 3 N–H and O–H groups in total. The summed E-state index contributed by atoms with van der Waals surface area (Å²) in [4.78, 5) is 10.7. The number of amides is 1. The van der Waals surface area contributed by atoms with Crippen LogP contribution in [-0.4, -0.2) is 28.8 Å². The van der Waals surface area contributed by atoms with Gasteiger partial charge in [0.15, 0.2) is 0 Å². The van der Waals surface area contributed by atoms with Crippen LogP contribution in [0.2, 0.25) is 0 Å². The van der Waals surface area contributed by atoms with Gasteiger partial charge in [0, 0.05) is 18.2 Å². The molecule has 0 spiro atoms. The van der Waals surface area contributed by atoms with E-state index < -0.39 is 12.2 Å². The Morgan fingerprint density at radius 3 is 2.89 bits per heavy atom. The average Bonchev–Trinajstić information content (AvgIpc) is 2.84. The van der Waals surface area contributed by atoms with Crippen molar-refractivity contribution in [2.24, 2.45) is 0 Å². The molecule has 1 aromatic carbocycles. The number of rotatable bonds is 5. The molecule has 0 aliphatic heterocycles. The number of carbonyl (C=O) groups is 1. The molecule has 1 heterocycles. The largest absolute Gasteiger partial charge is 0.390 e. The topological polar surface area (TPSA) is 69.6 Å². The number of carbonyl (C=O) groups excluding carboxylic acids is 1. The van der Waals surface area contributed by atoms with Gasteiger partial charge in [-0.15, -0.1) is 11.3 Å². The zero-order valence-electron chi connectivity index (χ0n) is 10.7. The number of benzene rings is 1. The highest BCUT2D eigenvalue weighted by Gasteiger charge is 2.18. The molecule has 0 radical (unpaired) electrons. The molecule has 0 aliphatic carbocycles. The minimum Gasteiger partial charge on any atom is -0.390 e. The van der Waals surface area contributed by atoms with E-state index in [9.17, 15) is 15.0 Å². The highest BCUT2D eigenvalue weighted by Crippen LogP contribution is 2.26. The van der Waals surface area contributed by atoms with Crippen LogP contribution in [0.5, 0.6) is 0 Å². The van der Waals surface area contributed by atoms with E-state index >= 15 is 0 Å². The highest BCUT2D eigenvalue weighted by atomic mass is 32.1. The predicted molar refractivity (Wildman–Crippen MR) is 76.1 cm³/mol. The number of hydrogen-bond acceptors (Lipinski definition) is 4. The van der Waals surface area contributed by atoms with Crippen LogP contribution in [0.3, 0.4) is 0 Å². The van der Waals surface area contributed by atoms with Crippen LogP contribution in [0.4, 0.5) is 0 Å². The van der Waals surface area contributed by atoms with E-state index in [0.29, 0.717) is 18.5 Å². The van der Waals surface area contributed by atoms with Gasteiger partial charge in [0.2, 0.25) is 5.91 Å². The second kappa shape index (κ2) is 6.14. The normalized spacial score (nSPS) is 14.3. The second-order valence-corrected chi connectivity index (χ2v) is 5.45. The summed E-state index contributed by atoms with van der Waals surface area (Å²) in [6.45, 7) is 1.78. The van der Waals surface area contributed by atoms with Crippen LogP contribution in [0.25, 0.3) is 10.1 Å². The molecule has 2 unspecified atom stereocenters. The molecule has 2 rings (SSSR count). The van der Waals surface area contributed by atoms with Gasteiger partial charge in [0.25, 0.3) is 0 Å². The number of aliphatic hydroxyl groups is 2. The van der Waals surface area contributed by atoms with E-state index in [1.807, 2.05) is 29.6 Å². The van der Waals surface area contributed by atoms with E-state index in [-0.39, 0.29) is 5.91 Å². The van der Waals surface area contributed by atoms with Gasteiger partial charge in [-0.2, -0.15) is 0 Å². The molecule has 19 heavy (non-hydrogen) atoms. The molecule has 0 aliphatic rings. The molecule has 4 nitrogen and oxygen atoms in total. The number of hydrogen-bond donors (Lipinski definition) is 3. The van der Waals surface area contributed by atoms with Gasteiger partial charge in [-0.25, -0.2) is 0 Å². The van der Waals surface area contributed by atoms with Gasteiger partial charge < -0.3 is 15.5 Å². The summed E-state index contributed by atoms with van der Waals surface area (Å²) in [6, 6.07) is 7.64. The van der Waals surface area contributed by atoms with Crippen molar-refractivity contribution < 1.29 is 15.0 Å². The maximum atomic E-state index is 10.7. The lowest BCUT2D eigenvalue weighted by atomic mass is 10.0. The van der Waals surface area contributed by atoms with Crippen LogP contribution >= 0.6 is 11.3 Å². The summed E-state index contributed by atoms with van der Waals surface area (Å²) in [5, 5.41) is 25.7. The van der Waals surface area contributed by atoms with E-state index in [4.69, 9.17) is 0 Å². The van der Waals surface area contributed by atoms with Crippen molar-refractivity contribution in [3.63, 3.8) is 0 Å². The summed E-state index contributed by atoms with van der Waals surface area (Å²) in [5.41, 5.74) is 0.696. The molecule has 2 atom stereocenters. The van der Waals surface area contributed by atoms with Crippen LogP contribution in [-0.2, 0) is 4.79 Å². The van der Waals surface area contributed by atoms with Crippen molar-refractivity contribution in [1.82, 2.24) is 5.32 Å². The van der Waals surface area contributed by atoms with Gasteiger partial charge in [0.05, 0.1) is 6.10 Å². The molecule has 1 aromatic heterocycles. The molecule has 0 fully saturated rings. The third-order valence-electron chi connectivity index (χ3n) is 3.00. The summed E-state index contributed by atoms with van der Waals surface area (Å²) in [6.07, 6.45) is -1.50. The Balaban J connectivity index is 2.01. The van der Waals surface area contributed by atoms with Gasteiger partial charge >= 0.3 is 0 Å². The molecule has 2 aromatic rings. The van der Waals surface area contributed by atoms with Crippen molar-refractivity contribution in [3.8, 4) is 0 Å². The van der Waals surface area contributed by atoms with Gasteiger partial charge in [-0.1, -0.05) is 6.07 Å². The minimum atomic E-state index is -0.932. The Morgan fingerprint density at radius 2 is 2.16 bits per heavy atom. The fraction of sp³-hybridized carbons (Fsp3) is 0.357. The number of thiophene rings is 1. The third kappa shape index (κ3) is 3.53. The van der Waals surface area contributed by atoms with Crippen molar-refractivity contribution in [2.45, 2.75) is 25.6 Å². The smallest absolute Gasteiger partial charge is 0.216 e. The SMILES string of the molecule is CC(=O)NCCC(O)C(O)c1ccc2sccc2c1. The first kappa shape index (κ1) is 14.0. The van der Waals surface area contributed by atoms with Crippen LogP contribution in [0.1, 0.15) is 25.0 Å². The van der Waals surface area contributed by atoms with Crippen LogP contribution in [0, 0.1) is 0 Å². The Morgan fingerprint density at radius 1 is 1.37 bits per heavy atom. The molecule has 0 bridgehead atoms. The molecule has 102 valence electrons. The molecule has 1 amide bonds. The van der Waals surface area contributed by atoms with E-state index in [2.05, 4.69) is 5.32 Å². The van der Waals surface area contributed by atoms with Crippen molar-refractivity contribution >= 4 is 27.3 Å². The fourth-order valence-electron chi connectivity index (χ4n) is 1.95. The van der Waals surface area contributed by atoms with Gasteiger partial charge in [-0.3, -0.25) is 4.79 Å². The number of fused-ring (bicyclic) bond motifs is 1. The molecule has 5 heteroatoms. The molecule has 0 saturated heterocycles. The molecular weight excluding hydrogens is 262 g/mol. The van der Waals surface area contributed by atoms with E-state index in [0.717, 1.165) is 10.1 Å². The molecular formula is C14H17NO3S. The zero-order chi connectivity index (χ0) is 13.8. The monoisotopic (exact) mass is 279 g/mol. The number of aliphatic hydroxyl groups excluding tert-OH is 2. The van der Waals surface area contributed by atoms with Gasteiger partial charge in [-0.05, 0) is 40.9 Å². The zero-order valence-corrected chi connectivity index (χ0v) is 11.5. The summed E-state index contributed by atoms with van der Waals surface area (Å²) >= 11 is 1.64. The number of nitrogens with one attached hydrogen (secondary N) is 1. The second-order valence-electron chi connectivity index (χ2n) is 4.50. The summed E-state index contributed by atoms with van der Waals surface area (Å²) in [7, 11) is 0. The Bertz CT molecular complexity index is 567. The lowest BCUT2D eigenvalue weighted by molar-refractivity contribution is -0.119. The average molecular weight is 279 g/mol. The van der Waals surface area contributed by atoms with Crippen LogP contribution < -0.4 is 5.32 Å². The van der Waals surface area contributed by atoms with Crippen molar-refractivity contribution in [1.29, 1.82) is 0 Å². The Labute approximate surface area is 115 Å². The third-order valence-corrected chi connectivity index (χ3v) is 3.89. The first-order valence-corrected chi connectivity index (χ1v) is 7.03. The van der Waals surface area contributed by atoms with Crippen LogP contribution in [0.15, 0.2) is 29.6 Å². The first-order valence-electron chi connectivity index (χ1n) is 6.15. The van der Waals surface area contributed by atoms with E-state index in [1.54, 1.807) is 11.3 Å². The quantitative estimate of drug-likeness (QED) is 0.782. The molecule has 0 saturated carbocycles. The van der Waals surface area contributed by atoms with Crippen molar-refractivity contribution in [3.05, 3.63) is 35.2 Å². The maximum Gasteiger partial charge on any atom is 0.216 e. The Hall–Kier alpha value is -1.43. The maximum absolute atomic E-state index is 10.7. The highest BCUT2D eigenvalue weighted by molar-refractivity contribution is 7.17. The van der Waals surface area contributed by atoms with E-state index in [1.165, 1.54) is 6.92 Å². The first-order chi connectivity index (χ1) is 9.08. The lowest BCUT2D eigenvalue weighted by Crippen LogP contribution is -2.27. The van der Waals surface area contributed by atoms with Crippen molar-refractivity contribution in [2.75, 3.05) is 6.54 Å². The summed E-state index contributed by atoms with van der Waals surface area (Å²) < 4.78 is 1.16. The van der Waals surface area contributed by atoms with Gasteiger partial charge in [0.1, 0.15) is 6.10 Å². The predicted octanol–water partition coefficient (Wildman–Crippen LogP) is 1.82. The summed E-state index contributed by atoms with van der Waals surface area (Å²) in [5.74, 6) is -0.138. The Kier molecular flexibility index (Phi) is 4.52. The lowest BCUT2D eigenvalue weighted by Gasteiger charge is -2.18. The fourth-order valence-corrected chi connectivity index (χ4v) is 2.72.